The highest BCUT2D eigenvalue weighted by atomic mass is 32.2. The Morgan fingerprint density at radius 1 is 1.06 bits per heavy atom. The van der Waals surface area contributed by atoms with E-state index in [0.29, 0.717) is 28.3 Å². The second-order valence-electron chi connectivity index (χ2n) is 7.88. The number of amides is 1. The summed E-state index contributed by atoms with van der Waals surface area (Å²) >= 11 is 6.51. The van der Waals surface area contributed by atoms with E-state index in [1.165, 1.54) is 4.31 Å². The third kappa shape index (κ3) is 4.97. The van der Waals surface area contributed by atoms with E-state index < -0.39 is 15.9 Å². The fraction of sp³-hybridized carbons (Fsp3) is 0.261. The molecule has 1 aliphatic heterocycles. The Morgan fingerprint density at radius 2 is 1.71 bits per heavy atom. The lowest BCUT2D eigenvalue weighted by Gasteiger charge is -2.25. The Kier molecular flexibility index (Phi) is 7.27. The zero-order valence-corrected chi connectivity index (χ0v) is 21.0. The van der Waals surface area contributed by atoms with Crippen molar-refractivity contribution in [3.05, 3.63) is 69.0 Å². The Bertz CT molecular complexity index is 1370. The number of nitrogen functional groups attached to an aromatic ring is 1. The van der Waals surface area contributed by atoms with Gasteiger partial charge in [0.05, 0.1) is 10.6 Å². The fourth-order valence-corrected chi connectivity index (χ4v) is 6.52. The molecule has 11 heteroatoms. The van der Waals surface area contributed by atoms with Crippen LogP contribution in [0.5, 0.6) is 0 Å². The van der Waals surface area contributed by atoms with Crippen LogP contribution in [0.4, 0.5) is 5.82 Å². The number of piperidine rings is 1. The maximum absolute atomic E-state index is 12.8. The van der Waals surface area contributed by atoms with Crippen molar-refractivity contribution < 1.29 is 13.2 Å². The number of aromatic nitrogens is 1. The van der Waals surface area contributed by atoms with Gasteiger partial charge in [-0.15, -0.1) is 0 Å². The highest BCUT2D eigenvalue weighted by Gasteiger charge is 2.25. The Balaban J connectivity index is 1.48. The normalized spacial score (nSPS) is 15.3. The molecular weight excluding hydrogens is 490 g/mol. The first-order chi connectivity index (χ1) is 16.3. The number of benzene rings is 2. The third-order valence-corrected chi connectivity index (χ3v) is 8.92. The number of hydrazone groups is 1. The summed E-state index contributed by atoms with van der Waals surface area (Å²) in [7, 11) is -3.50. The van der Waals surface area contributed by atoms with Crippen molar-refractivity contribution in [1.82, 2.24) is 14.3 Å². The third-order valence-electron chi connectivity index (χ3n) is 5.62. The van der Waals surface area contributed by atoms with Gasteiger partial charge in [-0.05, 0) is 61.8 Å². The minimum Gasteiger partial charge on any atom is -0.383 e. The van der Waals surface area contributed by atoms with E-state index >= 15 is 0 Å². The van der Waals surface area contributed by atoms with Gasteiger partial charge < -0.3 is 5.73 Å². The molecule has 0 atom stereocenters. The zero-order valence-electron chi connectivity index (χ0n) is 18.6. The highest BCUT2D eigenvalue weighted by Crippen LogP contribution is 2.26. The average Bonchev–Trinajstić information content (AvgIpc) is 3.17. The van der Waals surface area contributed by atoms with E-state index in [1.807, 2.05) is 30.3 Å². The summed E-state index contributed by atoms with van der Waals surface area (Å²) in [6.45, 7) is 2.84. The van der Waals surface area contributed by atoms with E-state index in [4.69, 9.17) is 18.0 Å². The van der Waals surface area contributed by atoms with Crippen molar-refractivity contribution >= 4 is 51.0 Å². The lowest BCUT2D eigenvalue weighted by Crippen LogP contribution is -2.35. The Labute approximate surface area is 207 Å². The van der Waals surface area contributed by atoms with E-state index in [0.717, 1.165) is 36.3 Å². The van der Waals surface area contributed by atoms with Gasteiger partial charge in [-0.1, -0.05) is 48.1 Å². The largest absolute Gasteiger partial charge is 0.383 e. The first-order valence-electron chi connectivity index (χ1n) is 10.8. The lowest BCUT2D eigenvalue weighted by molar-refractivity contribution is 0.0959. The van der Waals surface area contributed by atoms with Gasteiger partial charge in [0.15, 0.2) is 3.95 Å². The van der Waals surface area contributed by atoms with Crippen LogP contribution >= 0.6 is 23.6 Å². The van der Waals surface area contributed by atoms with Gasteiger partial charge in [-0.3, -0.25) is 9.36 Å². The van der Waals surface area contributed by atoms with Crippen molar-refractivity contribution in [2.75, 3.05) is 18.8 Å². The Hall–Kier alpha value is -2.86. The van der Waals surface area contributed by atoms with Gasteiger partial charge in [0.2, 0.25) is 10.0 Å². The summed E-state index contributed by atoms with van der Waals surface area (Å²) in [6, 6.07) is 15.9. The Morgan fingerprint density at radius 3 is 2.35 bits per heavy atom. The molecule has 0 saturated carbocycles. The van der Waals surface area contributed by atoms with Crippen molar-refractivity contribution in [3.8, 4) is 5.69 Å². The van der Waals surface area contributed by atoms with Crippen molar-refractivity contribution in [2.24, 2.45) is 5.10 Å². The van der Waals surface area contributed by atoms with Gasteiger partial charge in [0.25, 0.3) is 5.91 Å². The summed E-state index contributed by atoms with van der Waals surface area (Å²) in [5, 5.41) is 4.17. The number of para-hydroxylation sites is 1. The first kappa shape index (κ1) is 24.3. The molecule has 0 unspecified atom stereocenters. The molecule has 2 heterocycles. The molecule has 34 heavy (non-hydrogen) atoms. The highest BCUT2D eigenvalue weighted by molar-refractivity contribution is 7.89. The maximum atomic E-state index is 12.8. The van der Waals surface area contributed by atoms with Crippen molar-refractivity contribution in [3.63, 3.8) is 0 Å². The van der Waals surface area contributed by atoms with Gasteiger partial charge in [-0.2, -0.15) is 9.41 Å². The molecule has 3 N–H and O–H groups in total. The molecule has 1 aliphatic rings. The monoisotopic (exact) mass is 515 g/mol. The van der Waals surface area contributed by atoms with Crippen LogP contribution in [-0.2, 0) is 10.0 Å². The number of sulfonamides is 1. The van der Waals surface area contributed by atoms with Crippen LogP contribution in [-0.4, -0.2) is 42.0 Å². The number of nitrogens with two attached hydrogens (primary N) is 1. The minimum absolute atomic E-state index is 0.249. The average molecular weight is 516 g/mol. The molecule has 0 aliphatic carbocycles. The van der Waals surface area contributed by atoms with Crippen LogP contribution in [0.15, 0.2) is 64.6 Å². The lowest BCUT2D eigenvalue weighted by atomic mass is 10.1. The molecule has 4 rings (SSSR count). The van der Waals surface area contributed by atoms with Crippen LogP contribution in [0.3, 0.4) is 0 Å². The van der Waals surface area contributed by atoms with Crippen LogP contribution in [0.1, 0.15) is 41.4 Å². The standard InChI is InChI=1S/C23H25N5O3S3/c1-16(17-10-12-19(13-11-17)34(30,31)27-14-6-3-7-15-27)25-26-22(29)20-21(24)28(23(32)33-20)18-8-4-2-5-9-18/h2,4-5,8-13H,3,6-7,14-15,24H2,1H3,(H,26,29)/b25-16+. The molecule has 1 aromatic heterocycles. The van der Waals surface area contributed by atoms with Crippen LogP contribution in [0, 0.1) is 3.95 Å². The van der Waals surface area contributed by atoms with E-state index in [-0.39, 0.29) is 15.6 Å². The molecule has 3 aromatic rings. The molecule has 0 spiro atoms. The van der Waals surface area contributed by atoms with Crippen LogP contribution in [0.25, 0.3) is 5.69 Å². The second-order valence-corrected chi connectivity index (χ2v) is 11.5. The molecule has 8 nitrogen and oxygen atoms in total. The number of thiazole rings is 1. The molecular formula is C23H25N5O3S3. The molecule has 178 valence electrons. The second kappa shape index (κ2) is 10.2. The maximum Gasteiger partial charge on any atom is 0.285 e. The predicted molar refractivity (Wildman–Crippen MR) is 138 cm³/mol. The zero-order chi connectivity index (χ0) is 24.3. The summed E-state index contributed by atoms with van der Waals surface area (Å²) in [5.41, 5.74) is 10.7. The summed E-state index contributed by atoms with van der Waals surface area (Å²) in [4.78, 5) is 13.3. The van der Waals surface area contributed by atoms with Crippen molar-refractivity contribution in [2.45, 2.75) is 31.1 Å². The van der Waals surface area contributed by atoms with Crippen LogP contribution < -0.4 is 11.2 Å². The molecule has 0 bridgehead atoms. The summed E-state index contributed by atoms with van der Waals surface area (Å²) in [6.07, 6.45) is 2.83. The van der Waals surface area contributed by atoms with E-state index in [9.17, 15) is 13.2 Å². The minimum atomic E-state index is -3.50. The van der Waals surface area contributed by atoms with E-state index in [2.05, 4.69) is 10.5 Å². The molecule has 2 aromatic carbocycles. The quantitative estimate of drug-likeness (QED) is 0.291. The number of nitrogens with zero attached hydrogens (tertiary/aromatic N) is 3. The molecule has 1 saturated heterocycles. The number of nitrogens with one attached hydrogen (secondary N) is 1. The van der Waals surface area contributed by atoms with Gasteiger partial charge in [-0.25, -0.2) is 13.8 Å². The van der Waals surface area contributed by atoms with Gasteiger partial charge in [0, 0.05) is 18.8 Å². The number of carbonyl (C=O) groups excluding carboxylic acids is 1. The van der Waals surface area contributed by atoms with Crippen molar-refractivity contribution in [1.29, 1.82) is 0 Å². The van der Waals surface area contributed by atoms with Crippen LogP contribution in [0.2, 0.25) is 0 Å². The number of hydrogen-bond donors (Lipinski definition) is 2. The van der Waals surface area contributed by atoms with E-state index in [1.54, 1.807) is 35.8 Å². The summed E-state index contributed by atoms with van der Waals surface area (Å²) < 4.78 is 29.3. The number of rotatable bonds is 6. The molecule has 1 fully saturated rings. The predicted octanol–water partition coefficient (Wildman–Crippen LogP) is 4.18. The SMILES string of the molecule is C/C(=N\NC(=O)c1sc(=S)n(-c2ccccc2)c1N)c1ccc(S(=O)(=O)N2CCCCC2)cc1. The van der Waals surface area contributed by atoms with Gasteiger partial charge in [0.1, 0.15) is 10.7 Å². The smallest absolute Gasteiger partial charge is 0.285 e. The van der Waals surface area contributed by atoms with Gasteiger partial charge >= 0.3 is 0 Å². The number of carbonyl (C=O) groups is 1. The molecule has 0 radical (unpaired) electrons. The topological polar surface area (TPSA) is 110 Å². The first-order valence-corrected chi connectivity index (χ1v) is 13.5. The summed E-state index contributed by atoms with van der Waals surface area (Å²) in [5.74, 6) is -0.217. The number of anilines is 1. The molecule has 1 amide bonds. The number of hydrogen-bond acceptors (Lipinski definition) is 7. The fourth-order valence-electron chi connectivity index (χ4n) is 3.74.